The summed E-state index contributed by atoms with van der Waals surface area (Å²) in [6.07, 6.45) is 1.38. The highest BCUT2D eigenvalue weighted by Crippen LogP contribution is 2.17. The quantitative estimate of drug-likeness (QED) is 0.809. The molecule has 2 aromatic rings. The summed E-state index contributed by atoms with van der Waals surface area (Å²) in [6, 6.07) is 6.37. The summed E-state index contributed by atoms with van der Waals surface area (Å²) in [5.74, 6) is 0.0121. The number of carbonyl (C=O) groups excluding carboxylic acids is 1. The van der Waals surface area contributed by atoms with Gasteiger partial charge in [0.1, 0.15) is 18.6 Å². The van der Waals surface area contributed by atoms with E-state index in [0.29, 0.717) is 5.69 Å². The molecule has 0 saturated heterocycles. The Labute approximate surface area is 97.3 Å². The number of likely N-dealkylation sites (N-methyl/N-ethyl adjacent to an activating group) is 1. The number of aromatic nitrogens is 4. The number of carbonyl (C=O) groups is 1. The zero-order chi connectivity index (χ0) is 12.3. The average molecular weight is 233 g/mol. The smallest absolute Gasteiger partial charge is 0.248 e. The predicted octanol–water partition coefficient (Wildman–Crippen LogP) is 0.0417. The summed E-state index contributed by atoms with van der Waals surface area (Å²) in [7, 11) is 1.65. The second-order valence-corrected chi connectivity index (χ2v) is 3.48. The van der Waals surface area contributed by atoms with Crippen LogP contribution in [0.1, 0.15) is 0 Å². The molecule has 0 atom stereocenters. The molecule has 17 heavy (non-hydrogen) atoms. The van der Waals surface area contributed by atoms with Crippen molar-refractivity contribution < 1.29 is 9.90 Å². The number of phenolic OH excluding ortho intramolecular Hbond substituents is 1. The lowest BCUT2D eigenvalue weighted by Gasteiger charge is -2.16. The third-order valence-electron chi connectivity index (χ3n) is 2.30. The minimum absolute atomic E-state index is 0.0738. The number of amides is 1. The van der Waals surface area contributed by atoms with E-state index in [-0.39, 0.29) is 18.2 Å². The molecule has 1 N–H and O–H groups in total. The SMILES string of the molecule is CN(C(=O)Cn1cnnn1)c1ccc(O)cc1. The molecule has 7 nitrogen and oxygen atoms in total. The van der Waals surface area contributed by atoms with Crippen LogP contribution in [0.2, 0.25) is 0 Å². The van der Waals surface area contributed by atoms with Crippen LogP contribution in [0.5, 0.6) is 5.75 Å². The van der Waals surface area contributed by atoms with Crippen molar-refractivity contribution >= 4 is 11.6 Å². The Kier molecular flexibility index (Phi) is 2.99. The standard InChI is InChI=1S/C10H11N5O2/c1-14(8-2-4-9(16)5-3-8)10(17)6-15-7-11-12-13-15/h2-5,7,16H,6H2,1H3. The molecule has 2 rings (SSSR count). The highest BCUT2D eigenvalue weighted by Gasteiger charge is 2.11. The maximum absolute atomic E-state index is 11.8. The third-order valence-corrected chi connectivity index (χ3v) is 2.30. The van der Waals surface area contributed by atoms with Crippen molar-refractivity contribution in [2.45, 2.75) is 6.54 Å². The number of hydrogen-bond donors (Lipinski definition) is 1. The van der Waals surface area contributed by atoms with Crippen LogP contribution in [0.15, 0.2) is 30.6 Å². The normalized spacial score (nSPS) is 10.2. The van der Waals surface area contributed by atoms with Gasteiger partial charge < -0.3 is 10.0 Å². The Balaban J connectivity index is 2.07. The second kappa shape index (κ2) is 4.60. The van der Waals surface area contributed by atoms with Crippen molar-refractivity contribution in [1.82, 2.24) is 20.2 Å². The van der Waals surface area contributed by atoms with E-state index in [1.807, 2.05) is 0 Å². The Morgan fingerprint density at radius 2 is 2.12 bits per heavy atom. The van der Waals surface area contributed by atoms with Gasteiger partial charge in [0.15, 0.2) is 0 Å². The van der Waals surface area contributed by atoms with Crippen molar-refractivity contribution in [3.63, 3.8) is 0 Å². The van der Waals surface area contributed by atoms with E-state index < -0.39 is 0 Å². The molecule has 0 aliphatic heterocycles. The van der Waals surface area contributed by atoms with Gasteiger partial charge >= 0.3 is 0 Å². The molecular weight excluding hydrogens is 222 g/mol. The van der Waals surface area contributed by atoms with Gasteiger partial charge in [0.2, 0.25) is 5.91 Å². The first-order valence-corrected chi connectivity index (χ1v) is 4.93. The summed E-state index contributed by atoms with van der Waals surface area (Å²) >= 11 is 0. The van der Waals surface area contributed by atoms with E-state index in [9.17, 15) is 4.79 Å². The number of tetrazole rings is 1. The van der Waals surface area contributed by atoms with Gasteiger partial charge in [-0.05, 0) is 34.7 Å². The number of hydrogen-bond acceptors (Lipinski definition) is 5. The van der Waals surface area contributed by atoms with E-state index in [2.05, 4.69) is 15.5 Å². The highest BCUT2D eigenvalue weighted by molar-refractivity contribution is 5.92. The van der Waals surface area contributed by atoms with Crippen molar-refractivity contribution in [1.29, 1.82) is 0 Å². The molecule has 0 fully saturated rings. The van der Waals surface area contributed by atoms with Crippen LogP contribution in [0.4, 0.5) is 5.69 Å². The Hall–Kier alpha value is -2.44. The molecular formula is C10H11N5O2. The molecule has 7 heteroatoms. The van der Waals surface area contributed by atoms with Gasteiger partial charge in [0.25, 0.3) is 0 Å². The molecule has 88 valence electrons. The van der Waals surface area contributed by atoms with Gasteiger partial charge in [-0.1, -0.05) is 0 Å². The fourth-order valence-electron chi connectivity index (χ4n) is 1.32. The Morgan fingerprint density at radius 3 is 2.71 bits per heavy atom. The molecule has 0 radical (unpaired) electrons. The molecule has 0 aliphatic carbocycles. The van der Waals surface area contributed by atoms with Crippen LogP contribution in [0.3, 0.4) is 0 Å². The summed E-state index contributed by atoms with van der Waals surface area (Å²) in [5, 5.41) is 19.7. The number of anilines is 1. The summed E-state index contributed by atoms with van der Waals surface area (Å²) in [6.45, 7) is 0.0738. The number of aromatic hydroxyl groups is 1. The first-order chi connectivity index (χ1) is 8.16. The molecule has 0 bridgehead atoms. The monoisotopic (exact) mass is 233 g/mol. The van der Waals surface area contributed by atoms with E-state index >= 15 is 0 Å². The Morgan fingerprint density at radius 1 is 1.41 bits per heavy atom. The van der Waals surface area contributed by atoms with Crippen LogP contribution in [-0.2, 0) is 11.3 Å². The van der Waals surface area contributed by atoms with Crippen molar-refractivity contribution in [2.24, 2.45) is 0 Å². The molecule has 1 aromatic heterocycles. The minimum atomic E-state index is -0.150. The van der Waals surface area contributed by atoms with E-state index in [4.69, 9.17) is 5.11 Å². The van der Waals surface area contributed by atoms with E-state index in [1.54, 1.807) is 19.2 Å². The van der Waals surface area contributed by atoms with Gasteiger partial charge in [0.05, 0.1) is 0 Å². The molecule has 0 aliphatic rings. The molecule has 0 saturated carbocycles. The van der Waals surface area contributed by atoms with Crippen molar-refractivity contribution in [3.8, 4) is 5.75 Å². The molecule has 0 spiro atoms. The number of nitrogens with zero attached hydrogens (tertiary/aromatic N) is 5. The zero-order valence-electron chi connectivity index (χ0n) is 9.19. The van der Waals surface area contributed by atoms with E-state index in [1.165, 1.54) is 28.0 Å². The topological polar surface area (TPSA) is 84.1 Å². The summed E-state index contributed by atoms with van der Waals surface area (Å²) in [4.78, 5) is 13.3. The van der Waals surface area contributed by atoms with Crippen LogP contribution in [0, 0.1) is 0 Å². The largest absolute Gasteiger partial charge is 0.508 e. The fraction of sp³-hybridized carbons (Fsp3) is 0.200. The molecule has 1 heterocycles. The average Bonchev–Trinajstić information content (AvgIpc) is 2.82. The Bertz CT molecular complexity index is 494. The zero-order valence-corrected chi connectivity index (χ0v) is 9.19. The lowest BCUT2D eigenvalue weighted by Crippen LogP contribution is -2.30. The van der Waals surface area contributed by atoms with Crippen LogP contribution in [-0.4, -0.2) is 38.3 Å². The van der Waals surface area contributed by atoms with Crippen LogP contribution < -0.4 is 4.90 Å². The maximum Gasteiger partial charge on any atom is 0.248 e. The first kappa shape index (κ1) is 11.1. The van der Waals surface area contributed by atoms with Gasteiger partial charge in [-0.3, -0.25) is 4.79 Å². The van der Waals surface area contributed by atoms with Crippen LogP contribution in [0.25, 0.3) is 0 Å². The summed E-state index contributed by atoms with van der Waals surface area (Å²) < 4.78 is 1.35. The van der Waals surface area contributed by atoms with E-state index in [0.717, 1.165) is 0 Å². The fourth-order valence-corrected chi connectivity index (χ4v) is 1.32. The van der Waals surface area contributed by atoms with Crippen molar-refractivity contribution in [3.05, 3.63) is 30.6 Å². The first-order valence-electron chi connectivity index (χ1n) is 4.93. The number of rotatable bonds is 3. The molecule has 1 amide bonds. The maximum atomic E-state index is 11.8. The molecule has 0 unspecified atom stereocenters. The number of benzene rings is 1. The lowest BCUT2D eigenvalue weighted by molar-refractivity contribution is -0.119. The van der Waals surface area contributed by atoms with Crippen LogP contribution >= 0.6 is 0 Å². The van der Waals surface area contributed by atoms with Gasteiger partial charge in [-0.15, -0.1) is 5.10 Å². The predicted molar refractivity (Wildman–Crippen MR) is 59.3 cm³/mol. The number of phenols is 1. The third kappa shape index (κ3) is 2.57. The van der Waals surface area contributed by atoms with Gasteiger partial charge in [-0.25, -0.2) is 4.68 Å². The second-order valence-electron chi connectivity index (χ2n) is 3.48. The van der Waals surface area contributed by atoms with Crippen molar-refractivity contribution in [2.75, 3.05) is 11.9 Å². The van der Waals surface area contributed by atoms with Gasteiger partial charge in [0, 0.05) is 12.7 Å². The molecule has 1 aromatic carbocycles. The summed E-state index contributed by atoms with van der Waals surface area (Å²) in [5.41, 5.74) is 0.695. The minimum Gasteiger partial charge on any atom is -0.508 e. The highest BCUT2D eigenvalue weighted by atomic mass is 16.3. The van der Waals surface area contributed by atoms with Gasteiger partial charge in [-0.2, -0.15) is 0 Å². The lowest BCUT2D eigenvalue weighted by atomic mass is 10.3.